The van der Waals surface area contributed by atoms with Crippen LogP contribution in [0.4, 0.5) is 5.69 Å². The first-order chi connectivity index (χ1) is 13.4. The van der Waals surface area contributed by atoms with E-state index < -0.39 is 10.0 Å². The minimum atomic E-state index is -3.51. The average Bonchev–Trinajstić information content (AvgIpc) is 2.70. The first kappa shape index (κ1) is 20.6. The molecule has 6 nitrogen and oxygen atoms in total. The van der Waals surface area contributed by atoms with Gasteiger partial charge in [0.25, 0.3) is 0 Å². The fourth-order valence-electron chi connectivity index (χ4n) is 3.24. The molecule has 1 N–H and O–H groups in total. The number of hydrogen-bond donors (Lipinski definition) is 1. The first-order valence-corrected chi connectivity index (χ1v) is 11.0. The third-order valence-corrected chi connectivity index (χ3v) is 6.82. The minimum absolute atomic E-state index is 0.103. The van der Waals surface area contributed by atoms with Crippen molar-refractivity contribution in [1.29, 1.82) is 0 Å². The van der Waals surface area contributed by atoms with Crippen LogP contribution in [0.1, 0.15) is 18.4 Å². The van der Waals surface area contributed by atoms with Gasteiger partial charge in [0.2, 0.25) is 15.9 Å². The van der Waals surface area contributed by atoms with E-state index in [1.807, 2.05) is 0 Å². The molecule has 1 fully saturated rings. The van der Waals surface area contributed by atoms with Crippen molar-refractivity contribution in [3.8, 4) is 5.75 Å². The van der Waals surface area contributed by atoms with Crippen molar-refractivity contribution in [2.45, 2.75) is 18.6 Å². The Bertz CT molecular complexity index is 931. The van der Waals surface area contributed by atoms with Gasteiger partial charge in [-0.1, -0.05) is 29.8 Å². The predicted octanol–water partition coefficient (Wildman–Crippen LogP) is 3.53. The molecular formula is C20H23ClN2O4S. The normalized spacial score (nSPS) is 17.9. The Hall–Kier alpha value is -2.09. The topological polar surface area (TPSA) is 75.7 Å². The van der Waals surface area contributed by atoms with Crippen molar-refractivity contribution < 1.29 is 17.9 Å². The van der Waals surface area contributed by atoms with Gasteiger partial charge in [-0.2, -0.15) is 0 Å². The van der Waals surface area contributed by atoms with Crippen LogP contribution in [0.3, 0.4) is 0 Å². The third-order valence-electron chi connectivity index (χ3n) is 4.75. The number of carbonyl (C=O) groups is 1. The van der Waals surface area contributed by atoms with Gasteiger partial charge in [-0.25, -0.2) is 12.7 Å². The summed E-state index contributed by atoms with van der Waals surface area (Å²) in [6.07, 6.45) is 1.30. The monoisotopic (exact) mass is 422 g/mol. The minimum Gasteiger partial charge on any atom is -0.497 e. The number of ether oxygens (including phenoxy) is 1. The van der Waals surface area contributed by atoms with Crippen molar-refractivity contribution in [3.05, 3.63) is 59.1 Å². The van der Waals surface area contributed by atoms with Gasteiger partial charge in [0, 0.05) is 29.9 Å². The number of carbonyl (C=O) groups excluding carboxylic acids is 1. The predicted molar refractivity (Wildman–Crippen MR) is 110 cm³/mol. The van der Waals surface area contributed by atoms with Crippen LogP contribution in [0.25, 0.3) is 0 Å². The second-order valence-corrected chi connectivity index (χ2v) is 9.21. The van der Waals surface area contributed by atoms with Gasteiger partial charge in [0.05, 0.1) is 18.8 Å². The number of nitrogens with zero attached hydrogens (tertiary/aromatic N) is 1. The van der Waals surface area contributed by atoms with Crippen LogP contribution in [-0.2, 0) is 20.6 Å². The number of amides is 1. The lowest BCUT2D eigenvalue weighted by molar-refractivity contribution is -0.120. The zero-order valence-corrected chi connectivity index (χ0v) is 17.2. The fraction of sp³-hybridized carbons (Fsp3) is 0.350. The number of methoxy groups -OCH3 is 1. The number of halogens is 1. The van der Waals surface area contributed by atoms with Crippen LogP contribution in [0.2, 0.25) is 5.02 Å². The van der Waals surface area contributed by atoms with Crippen LogP contribution >= 0.6 is 11.6 Å². The van der Waals surface area contributed by atoms with Gasteiger partial charge in [0.1, 0.15) is 5.75 Å². The zero-order valence-electron chi connectivity index (χ0n) is 15.6. The fourth-order valence-corrected chi connectivity index (χ4v) is 4.97. The molecule has 1 amide bonds. The number of piperidine rings is 1. The molecule has 0 aliphatic carbocycles. The lowest BCUT2D eigenvalue weighted by Crippen LogP contribution is -2.44. The number of rotatable bonds is 6. The molecular weight excluding hydrogens is 400 g/mol. The molecule has 3 rings (SSSR count). The molecule has 1 heterocycles. The smallest absolute Gasteiger partial charge is 0.228 e. The van der Waals surface area contributed by atoms with Crippen molar-refractivity contribution in [1.82, 2.24) is 4.31 Å². The van der Waals surface area contributed by atoms with Gasteiger partial charge < -0.3 is 10.1 Å². The highest BCUT2D eigenvalue weighted by Gasteiger charge is 2.32. The third kappa shape index (κ3) is 5.25. The highest BCUT2D eigenvalue weighted by molar-refractivity contribution is 7.88. The first-order valence-electron chi connectivity index (χ1n) is 9.04. The molecule has 28 heavy (non-hydrogen) atoms. The van der Waals surface area contributed by atoms with Crippen LogP contribution in [0.15, 0.2) is 48.5 Å². The molecule has 0 aromatic heterocycles. The summed E-state index contributed by atoms with van der Waals surface area (Å²) in [6, 6.07) is 13.8. The Morgan fingerprint density at radius 3 is 2.71 bits per heavy atom. The molecule has 1 atom stereocenters. The lowest BCUT2D eigenvalue weighted by atomic mass is 9.98. The maximum absolute atomic E-state index is 12.8. The molecule has 0 radical (unpaired) electrons. The van der Waals surface area contributed by atoms with E-state index in [-0.39, 0.29) is 24.1 Å². The Morgan fingerprint density at radius 1 is 1.25 bits per heavy atom. The quantitative estimate of drug-likeness (QED) is 0.772. The molecule has 1 saturated heterocycles. The maximum atomic E-state index is 12.8. The Balaban J connectivity index is 1.65. The van der Waals surface area contributed by atoms with Gasteiger partial charge in [-0.05, 0) is 42.7 Å². The Kier molecular flexibility index (Phi) is 6.59. The molecule has 2 aromatic rings. The van der Waals surface area contributed by atoms with E-state index in [1.165, 1.54) is 4.31 Å². The molecule has 0 bridgehead atoms. The van der Waals surface area contributed by atoms with E-state index in [0.29, 0.717) is 41.4 Å². The molecule has 2 aromatic carbocycles. The van der Waals surface area contributed by atoms with Crippen LogP contribution in [0, 0.1) is 5.92 Å². The SMILES string of the molecule is COc1cccc(NC(=O)[C@H]2CCCN(S(=O)(=O)Cc3ccc(Cl)cc3)C2)c1. The van der Waals surface area contributed by atoms with E-state index >= 15 is 0 Å². The molecule has 1 aliphatic rings. The summed E-state index contributed by atoms with van der Waals surface area (Å²) in [4.78, 5) is 12.6. The Morgan fingerprint density at radius 2 is 2.00 bits per heavy atom. The standard InChI is InChI=1S/C20H23ClN2O4S/c1-27-19-6-2-5-18(12-19)22-20(24)16-4-3-11-23(13-16)28(25,26)14-15-7-9-17(21)10-8-15/h2,5-10,12,16H,3-4,11,13-14H2,1H3,(H,22,24)/t16-/m0/s1. The van der Waals surface area contributed by atoms with Gasteiger partial charge >= 0.3 is 0 Å². The second kappa shape index (κ2) is 8.94. The summed E-state index contributed by atoms with van der Waals surface area (Å²) in [5.74, 6) is -0.0257. The Labute approximate surface area is 170 Å². The number of benzene rings is 2. The molecule has 150 valence electrons. The molecule has 0 spiro atoms. The van der Waals surface area contributed by atoms with E-state index in [1.54, 1.807) is 55.6 Å². The second-order valence-electron chi connectivity index (χ2n) is 6.80. The summed E-state index contributed by atoms with van der Waals surface area (Å²) in [6.45, 7) is 0.616. The van der Waals surface area contributed by atoms with Crippen molar-refractivity contribution in [3.63, 3.8) is 0 Å². The summed E-state index contributed by atoms with van der Waals surface area (Å²) in [5, 5.41) is 3.42. The van der Waals surface area contributed by atoms with E-state index in [2.05, 4.69) is 5.32 Å². The molecule has 8 heteroatoms. The number of sulfonamides is 1. The number of anilines is 1. The van der Waals surface area contributed by atoms with Crippen LogP contribution < -0.4 is 10.1 Å². The van der Waals surface area contributed by atoms with Crippen LogP contribution in [0.5, 0.6) is 5.75 Å². The zero-order chi connectivity index (χ0) is 20.1. The van der Waals surface area contributed by atoms with E-state index in [9.17, 15) is 13.2 Å². The van der Waals surface area contributed by atoms with E-state index in [0.717, 1.165) is 0 Å². The highest BCUT2D eigenvalue weighted by Crippen LogP contribution is 2.24. The summed E-state index contributed by atoms with van der Waals surface area (Å²) in [7, 11) is -1.95. The average molecular weight is 423 g/mol. The van der Waals surface area contributed by atoms with Crippen molar-refractivity contribution in [2.24, 2.45) is 5.92 Å². The summed E-state index contributed by atoms with van der Waals surface area (Å²) < 4.78 is 32.2. The molecule has 1 aliphatic heterocycles. The van der Waals surface area contributed by atoms with Crippen molar-refractivity contribution >= 4 is 33.2 Å². The van der Waals surface area contributed by atoms with Gasteiger partial charge in [-0.3, -0.25) is 4.79 Å². The number of hydrogen-bond acceptors (Lipinski definition) is 4. The van der Waals surface area contributed by atoms with E-state index in [4.69, 9.17) is 16.3 Å². The summed E-state index contributed by atoms with van der Waals surface area (Å²) in [5.41, 5.74) is 1.30. The van der Waals surface area contributed by atoms with Crippen LogP contribution in [-0.4, -0.2) is 38.8 Å². The molecule has 0 saturated carbocycles. The summed E-state index contributed by atoms with van der Waals surface area (Å²) >= 11 is 5.86. The van der Waals surface area contributed by atoms with Gasteiger partial charge in [0.15, 0.2) is 0 Å². The number of nitrogens with one attached hydrogen (secondary N) is 1. The maximum Gasteiger partial charge on any atom is 0.228 e. The lowest BCUT2D eigenvalue weighted by Gasteiger charge is -2.31. The van der Waals surface area contributed by atoms with Crippen molar-refractivity contribution in [2.75, 3.05) is 25.5 Å². The van der Waals surface area contributed by atoms with Gasteiger partial charge in [-0.15, -0.1) is 0 Å². The largest absolute Gasteiger partial charge is 0.497 e. The highest BCUT2D eigenvalue weighted by atomic mass is 35.5. The molecule has 0 unspecified atom stereocenters.